The van der Waals surface area contributed by atoms with Crippen LogP contribution in [0.1, 0.15) is 32.9 Å². The van der Waals surface area contributed by atoms with Crippen molar-refractivity contribution in [2.24, 2.45) is 0 Å². The largest absolute Gasteiger partial charge is 0.478 e. The summed E-state index contributed by atoms with van der Waals surface area (Å²) in [5, 5.41) is 9.28. The highest BCUT2D eigenvalue weighted by Crippen LogP contribution is 2.35. The number of aromatic carboxylic acids is 1. The molecule has 4 rings (SSSR count). The number of imide groups is 1. The number of nitrogens with zero attached hydrogens (tertiary/aromatic N) is 2. The Bertz CT molecular complexity index is 1280. The summed E-state index contributed by atoms with van der Waals surface area (Å²) in [6, 6.07) is 15.6. The monoisotopic (exact) mass is 466 g/mol. The Morgan fingerprint density at radius 3 is 2.44 bits per heavy atom. The van der Waals surface area contributed by atoms with Crippen LogP contribution in [0.3, 0.4) is 0 Å². The third-order valence-electron chi connectivity index (χ3n) is 5.29. The van der Waals surface area contributed by atoms with Gasteiger partial charge < -0.3 is 9.67 Å². The molecule has 6 nitrogen and oxygen atoms in total. The number of carboxylic acid groups (broad SMARTS) is 1. The lowest BCUT2D eigenvalue weighted by molar-refractivity contribution is -0.123. The van der Waals surface area contributed by atoms with Crippen molar-refractivity contribution < 1.29 is 19.5 Å². The van der Waals surface area contributed by atoms with Crippen LogP contribution >= 0.6 is 23.4 Å². The minimum absolute atomic E-state index is 0.122. The van der Waals surface area contributed by atoms with Crippen LogP contribution < -0.4 is 0 Å². The zero-order chi connectivity index (χ0) is 23.0. The summed E-state index contributed by atoms with van der Waals surface area (Å²) in [4.78, 5) is 38.1. The fourth-order valence-electron chi connectivity index (χ4n) is 3.66. The van der Waals surface area contributed by atoms with Crippen LogP contribution in [0.5, 0.6) is 0 Å². The van der Waals surface area contributed by atoms with Crippen LogP contribution in [0.4, 0.5) is 4.79 Å². The zero-order valence-corrected chi connectivity index (χ0v) is 18.9. The van der Waals surface area contributed by atoms with Gasteiger partial charge in [-0.2, -0.15) is 0 Å². The number of halogens is 1. The van der Waals surface area contributed by atoms with Gasteiger partial charge in [0.15, 0.2) is 0 Å². The van der Waals surface area contributed by atoms with Crippen molar-refractivity contribution in [2.45, 2.75) is 20.4 Å². The van der Waals surface area contributed by atoms with Gasteiger partial charge in [0.1, 0.15) is 0 Å². The van der Waals surface area contributed by atoms with Crippen LogP contribution in [0.15, 0.2) is 59.5 Å². The summed E-state index contributed by atoms with van der Waals surface area (Å²) >= 11 is 7.09. The number of aryl methyl sites for hydroxylation is 1. The van der Waals surface area contributed by atoms with Gasteiger partial charge in [0.05, 0.1) is 17.0 Å². The van der Waals surface area contributed by atoms with Gasteiger partial charge in [-0.3, -0.25) is 14.5 Å². The van der Waals surface area contributed by atoms with E-state index in [0.29, 0.717) is 15.5 Å². The van der Waals surface area contributed by atoms with Gasteiger partial charge in [0.25, 0.3) is 11.1 Å². The van der Waals surface area contributed by atoms with Gasteiger partial charge in [-0.15, -0.1) is 0 Å². The molecule has 8 heteroatoms. The molecule has 0 bridgehead atoms. The normalized spacial score (nSPS) is 15.1. The van der Waals surface area contributed by atoms with Crippen molar-refractivity contribution in [1.29, 1.82) is 0 Å². The van der Waals surface area contributed by atoms with Gasteiger partial charge in [0, 0.05) is 22.1 Å². The van der Waals surface area contributed by atoms with Crippen molar-refractivity contribution in [3.63, 3.8) is 0 Å². The predicted octanol–water partition coefficient (Wildman–Crippen LogP) is 5.68. The van der Waals surface area contributed by atoms with E-state index in [2.05, 4.69) is 0 Å². The molecular formula is C24H19ClN2O4S. The Balaban J connectivity index is 1.62. The molecule has 2 heterocycles. The first-order valence-electron chi connectivity index (χ1n) is 9.77. The second-order valence-electron chi connectivity index (χ2n) is 7.37. The maximum absolute atomic E-state index is 12.9. The van der Waals surface area contributed by atoms with Crippen molar-refractivity contribution in [3.8, 4) is 5.69 Å². The fourth-order valence-corrected chi connectivity index (χ4v) is 4.68. The molecule has 1 aliphatic heterocycles. The summed E-state index contributed by atoms with van der Waals surface area (Å²) < 4.78 is 1.98. The number of carbonyl (C=O) groups is 3. The molecule has 0 radical (unpaired) electrons. The molecule has 0 atom stereocenters. The molecule has 32 heavy (non-hydrogen) atoms. The van der Waals surface area contributed by atoms with E-state index in [9.17, 15) is 14.4 Å². The Morgan fingerprint density at radius 2 is 1.78 bits per heavy atom. The summed E-state index contributed by atoms with van der Waals surface area (Å²) in [6.07, 6.45) is 1.72. The minimum Gasteiger partial charge on any atom is -0.478 e. The second-order valence-corrected chi connectivity index (χ2v) is 8.77. The van der Waals surface area contributed by atoms with E-state index in [1.807, 2.05) is 30.5 Å². The third-order valence-corrected chi connectivity index (χ3v) is 6.57. The number of thioether (sulfide) groups is 1. The molecule has 1 aliphatic rings. The summed E-state index contributed by atoms with van der Waals surface area (Å²) in [7, 11) is 0. The van der Waals surface area contributed by atoms with Crippen molar-refractivity contribution in [1.82, 2.24) is 9.47 Å². The minimum atomic E-state index is -0.981. The molecule has 162 valence electrons. The van der Waals surface area contributed by atoms with Gasteiger partial charge in [0.2, 0.25) is 0 Å². The van der Waals surface area contributed by atoms with Gasteiger partial charge in [-0.05, 0) is 79.2 Å². The van der Waals surface area contributed by atoms with Crippen molar-refractivity contribution >= 4 is 46.6 Å². The molecule has 1 saturated heterocycles. The molecule has 2 aromatic carbocycles. The lowest BCUT2D eigenvalue weighted by Gasteiger charge is -2.13. The molecule has 1 aromatic heterocycles. The van der Waals surface area contributed by atoms with E-state index < -0.39 is 5.97 Å². The summed E-state index contributed by atoms with van der Waals surface area (Å²) in [5.74, 6) is -1.33. The van der Waals surface area contributed by atoms with Gasteiger partial charge in [-0.1, -0.05) is 29.8 Å². The maximum Gasteiger partial charge on any atom is 0.335 e. The molecule has 0 saturated carbocycles. The Morgan fingerprint density at radius 1 is 1.09 bits per heavy atom. The number of benzene rings is 2. The quantitative estimate of drug-likeness (QED) is 0.489. The smallest absolute Gasteiger partial charge is 0.335 e. The lowest BCUT2D eigenvalue weighted by atomic mass is 10.2. The SMILES string of the molecule is Cc1cc(/C=C2/SC(=O)N(Cc3ccccc3Cl)C2=O)c(C)n1-c1ccc(C(=O)O)cc1. The predicted molar refractivity (Wildman–Crippen MR) is 125 cm³/mol. The van der Waals surface area contributed by atoms with Crippen molar-refractivity contribution in [3.05, 3.63) is 92.6 Å². The second kappa shape index (κ2) is 8.68. The first kappa shape index (κ1) is 21.9. The number of aromatic nitrogens is 1. The van der Waals surface area contributed by atoms with E-state index in [1.54, 1.807) is 48.5 Å². The Hall–Kier alpha value is -3.29. The number of carbonyl (C=O) groups excluding carboxylic acids is 2. The van der Waals surface area contributed by atoms with Crippen LogP contribution in [-0.4, -0.2) is 31.7 Å². The van der Waals surface area contributed by atoms with E-state index in [4.69, 9.17) is 16.7 Å². The summed E-state index contributed by atoms with van der Waals surface area (Å²) in [6.45, 7) is 3.97. The number of hydrogen-bond donors (Lipinski definition) is 1. The van der Waals surface area contributed by atoms with E-state index >= 15 is 0 Å². The fraction of sp³-hybridized carbons (Fsp3) is 0.125. The first-order valence-corrected chi connectivity index (χ1v) is 11.0. The molecule has 1 N–H and O–H groups in total. The lowest BCUT2D eigenvalue weighted by Crippen LogP contribution is -2.27. The third kappa shape index (κ3) is 4.09. The standard InChI is InChI=1S/C24H19ClN2O4S/c1-14-11-18(15(2)27(14)19-9-7-16(8-10-19)23(29)30)12-21-22(28)26(24(31)32-21)13-17-5-3-4-6-20(17)25/h3-12H,13H2,1-2H3,(H,29,30)/b21-12+. The topological polar surface area (TPSA) is 79.6 Å². The number of rotatable bonds is 5. The average Bonchev–Trinajstić information content (AvgIpc) is 3.19. The summed E-state index contributed by atoms with van der Waals surface area (Å²) in [5.41, 5.74) is 4.35. The highest BCUT2D eigenvalue weighted by atomic mass is 35.5. The molecule has 0 spiro atoms. The van der Waals surface area contributed by atoms with Crippen LogP contribution in [0.2, 0.25) is 5.02 Å². The average molecular weight is 467 g/mol. The molecular weight excluding hydrogens is 448 g/mol. The maximum atomic E-state index is 12.9. The number of hydrogen-bond acceptors (Lipinski definition) is 4. The van der Waals surface area contributed by atoms with Gasteiger partial charge in [-0.25, -0.2) is 4.79 Å². The zero-order valence-electron chi connectivity index (χ0n) is 17.3. The molecule has 0 aliphatic carbocycles. The highest BCUT2D eigenvalue weighted by Gasteiger charge is 2.35. The van der Waals surface area contributed by atoms with E-state index in [1.165, 1.54) is 4.90 Å². The molecule has 0 unspecified atom stereocenters. The Labute approximate surface area is 194 Å². The highest BCUT2D eigenvalue weighted by molar-refractivity contribution is 8.18. The van der Waals surface area contributed by atoms with E-state index in [0.717, 1.165) is 34.4 Å². The van der Waals surface area contributed by atoms with Crippen LogP contribution in [-0.2, 0) is 11.3 Å². The molecule has 2 amide bonds. The molecule has 3 aromatic rings. The Kier molecular flexibility index (Phi) is 5.95. The van der Waals surface area contributed by atoms with Crippen molar-refractivity contribution in [2.75, 3.05) is 0 Å². The number of amides is 2. The number of carboxylic acids is 1. The first-order chi connectivity index (χ1) is 15.3. The van der Waals surface area contributed by atoms with Crippen LogP contribution in [0, 0.1) is 13.8 Å². The van der Waals surface area contributed by atoms with E-state index in [-0.39, 0.29) is 23.3 Å². The molecule has 1 fully saturated rings. The van der Waals surface area contributed by atoms with Crippen LogP contribution in [0.25, 0.3) is 11.8 Å². The van der Waals surface area contributed by atoms with Gasteiger partial charge >= 0.3 is 5.97 Å².